The van der Waals surface area contributed by atoms with Crippen molar-refractivity contribution in [2.45, 2.75) is 31.4 Å². The van der Waals surface area contributed by atoms with Crippen molar-refractivity contribution in [3.63, 3.8) is 0 Å². The lowest BCUT2D eigenvalue weighted by Crippen LogP contribution is -2.45. The summed E-state index contributed by atoms with van der Waals surface area (Å²) in [6.45, 7) is 2.93. The highest BCUT2D eigenvalue weighted by Crippen LogP contribution is 2.35. The van der Waals surface area contributed by atoms with E-state index in [1.165, 1.54) is 12.1 Å². The van der Waals surface area contributed by atoms with Gasteiger partial charge >= 0.3 is 0 Å². The third-order valence-electron chi connectivity index (χ3n) is 3.63. The molecule has 1 aromatic rings. The molecule has 1 aromatic carbocycles. The van der Waals surface area contributed by atoms with E-state index in [0.717, 1.165) is 6.54 Å². The van der Waals surface area contributed by atoms with Crippen LogP contribution in [0.1, 0.15) is 25.3 Å². The molecule has 3 heteroatoms. The molecule has 0 amide bonds. The Morgan fingerprint density at radius 1 is 1.50 bits per heavy atom. The Balaban J connectivity index is 2.26. The number of benzene rings is 1. The third-order valence-corrected chi connectivity index (χ3v) is 3.63. The average Bonchev–Trinajstić information content (AvgIpc) is 2.24. The second kappa shape index (κ2) is 4.15. The van der Waals surface area contributed by atoms with Crippen LogP contribution in [0.3, 0.4) is 0 Å². The molecular weight excluding hydrogens is 205 g/mol. The Kier molecular flexibility index (Phi) is 3.00. The monoisotopic (exact) mass is 223 g/mol. The van der Waals surface area contributed by atoms with Crippen LogP contribution in [0.25, 0.3) is 0 Å². The van der Waals surface area contributed by atoms with E-state index < -0.39 is 5.60 Å². The molecule has 1 aliphatic heterocycles. The van der Waals surface area contributed by atoms with Crippen LogP contribution in [-0.2, 0) is 5.60 Å². The van der Waals surface area contributed by atoms with Gasteiger partial charge in [-0.2, -0.15) is 0 Å². The van der Waals surface area contributed by atoms with Gasteiger partial charge in [0.1, 0.15) is 5.82 Å². The summed E-state index contributed by atoms with van der Waals surface area (Å²) in [5, 5.41) is 10.6. The number of hydrogen-bond donors (Lipinski definition) is 1. The van der Waals surface area contributed by atoms with Crippen LogP contribution in [0.5, 0.6) is 0 Å². The van der Waals surface area contributed by atoms with E-state index in [9.17, 15) is 9.50 Å². The zero-order valence-corrected chi connectivity index (χ0v) is 9.78. The maximum Gasteiger partial charge on any atom is 0.123 e. The summed E-state index contributed by atoms with van der Waals surface area (Å²) in [5.41, 5.74) is -0.166. The summed E-state index contributed by atoms with van der Waals surface area (Å²) in [5.74, 6) is -0.280. The minimum atomic E-state index is -0.867. The van der Waals surface area contributed by atoms with E-state index >= 15 is 0 Å². The van der Waals surface area contributed by atoms with Crippen LogP contribution in [0, 0.1) is 5.82 Å². The number of halogens is 1. The normalized spacial score (nSPS) is 31.6. The fourth-order valence-electron chi connectivity index (χ4n) is 2.37. The fraction of sp³-hybridized carbons (Fsp3) is 0.538. The third kappa shape index (κ3) is 2.11. The first-order valence-corrected chi connectivity index (χ1v) is 5.70. The van der Waals surface area contributed by atoms with Crippen LogP contribution in [0.4, 0.5) is 4.39 Å². The second-order valence-electron chi connectivity index (χ2n) is 4.83. The number of nitrogens with zero attached hydrogens (tertiary/aromatic N) is 1. The Labute approximate surface area is 95.7 Å². The first-order valence-electron chi connectivity index (χ1n) is 5.70. The van der Waals surface area contributed by atoms with Gasteiger partial charge in [0.15, 0.2) is 0 Å². The van der Waals surface area contributed by atoms with Crippen molar-refractivity contribution in [2.24, 2.45) is 0 Å². The van der Waals surface area contributed by atoms with E-state index in [1.54, 1.807) is 12.1 Å². The zero-order chi connectivity index (χ0) is 11.8. The number of aliphatic hydroxyl groups is 1. The Hall–Kier alpha value is -0.930. The highest BCUT2D eigenvalue weighted by molar-refractivity contribution is 5.24. The molecule has 1 N–H and O–H groups in total. The Bertz CT molecular complexity index is 382. The predicted molar refractivity (Wildman–Crippen MR) is 61.6 cm³/mol. The molecular formula is C13H18FNO. The van der Waals surface area contributed by atoms with E-state index in [0.29, 0.717) is 24.4 Å². The van der Waals surface area contributed by atoms with Gasteiger partial charge in [0.05, 0.1) is 5.60 Å². The topological polar surface area (TPSA) is 23.5 Å². The van der Waals surface area contributed by atoms with Gasteiger partial charge in [0.2, 0.25) is 0 Å². The number of hydrogen-bond acceptors (Lipinski definition) is 2. The molecule has 1 fully saturated rings. The molecule has 2 atom stereocenters. The lowest BCUT2D eigenvalue weighted by Gasteiger charge is -2.41. The molecule has 0 radical (unpaired) electrons. The van der Waals surface area contributed by atoms with Crippen molar-refractivity contribution in [3.05, 3.63) is 35.6 Å². The van der Waals surface area contributed by atoms with Crippen LogP contribution >= 0.6 is 0 Å². The van der Waals surface area contributed by atoms with Gasteiger partial charge in [-0.25, -0.2) is 4.39 Å². The second-order valence-corrected chi connectivity index (χ2v) is 4.83. The summed E-state index contributed by atoms with van der Waals surface area (Å²) in [4.78, 5) is 2.22. The predicted octanol–water partition coefficient (Wildman–Crippen LogP) is 2.13. The summed E-state index contributed by atoms with van der Waals surface area (Å²) in [6.07, 6.45) is 1.32. The van der Waals surface area contributed by atoms with Gasteiger partial charge in [0, 0.05) is 12.6 Å². The van der Waals surface area contributed by atoms with Gasteiger partial charge < -0.3 is 10.0 Å². The summed E-state index contributed by atoms with van der Waals surface area (Å²) in [7, 11) is 2.05. The van der Waals surface area contributed by atoms with Crippen molar-refractivity contribution >= 4 is 0 Å². The van der Waals surface area contributed by atoms with Crippen molar-refractivity contribution < 1.29 is 9.50 Å². The van der Waals surface area contributed by atoms with E-state index in [4.69, 9.17) is 0 Å². The minimum absolute atomic E-state index is 0.280. The van der Waals surface area contributed by atoms with Gasteiger partial charge in [-0.3, -0.25) is 0 Å². The van der Waals surface area contributed by atoms with Crippen molar-refractivity contribution in [3.8, 4) is 0 Å². The molecule has 2 nitrogen and oxygen atoms in total. The molecule has 0 bridgehead atoms. The summed E-state index contributed by atoms with van der Waals surface area (Å²) < 4.78 is 13.1. The van der Waals surface area contributed by atoms with Crippen LogP contribution in [-0.4, -0.2) is 29.6 Å². The SMILES string of the molecule is CC1CC(O)(c2cccc(F)c2)CCN1C. The Morgan fingerprint density at radius 3 is 2.88 bits per heavy atom. The van der Waals surface area contributed by atoms with Gasteiger partial charge in [-0.05, 0) is 44.5 Å². The number of likely N-dealkylation sites (tertiary alicyclic amines) is 1. The first kappa shape index (κ1) is 11.6. The largest absolute Gasteiger partial charge is 0.385 e. The van der Waals surface area contributed by atoms with Crippen molar-refractivity contribution in [1.82, 2.24) is 4.90 Å². The van der Waals surface area contributed by atoms with E-state index in [-0.39, 0.29) is 5.82 Å². The lowest BCUT2D eigenvalue weighted by atomic mass is 9.81. The maximum atomic E-state index is 13.1. The van der Waals surface area contributed by atoms with Gasteiger partial charge in [0.25, 0.3) is 0 Å². The molecule has 2 unspecified atom stereocenters. The standard InChI is InChI=1S/C13H18FNO/c1-10-9-13(16,6-7-15(10)2)11-4-3-5-12(14)8-11/h3-5,8,10,16H,6-7,9H2,1-2H3. The van der Waals surface area contributed by atoms with E-state index in [2.05, 4.69) is 18.9 Å². The van der Waals surface area contributed by atoms with Crippen molar-refractivity contribution in [1.29, 1.82) is 0 Å². The van der Waals surface area contributed by atoms with E-state index in [1.807, 2.05) is 0 Å². The molecule has 0 spiro atoms. The molecule has 1 heterocycles. The van der Waals surface area contributed by atoms with Gasteiger partial charge in [-0.15, -0.1) is 0 Å². The van der Waals surface area contributed by atoms with Gasteiger partial charge in [-0.1, -0.05) is 12.1 Å². The molecule has 0 saturated carbocycles. The molecule has 16 heavy (non-hydrogen) atoms. The molecule has 0 aromatic heterocycles. The molecule has 1 saturated heterocycles. The molecule has 2 rings (SSSR count). The minimum Gasteiger partial charge on any atom is -0.385 e. The number of rotatable bonds is 1. The molecule has 88 valence electrons. The van der Waals surface area contributed by atoms with Crippen LogP contribution < -0.4 is 0 Å². The lowest BCUT2D eigenvalue weighted by molar-refractivity contribution is -0.0410. The number of piperidine rings is 1. The highest BCUT2D eigenvalue weighted by Gasteiger charge is 2.36. The summed E-state index contributed by atoms with van der Waals surface area (Å²) >= 11 is 0. The quantitative estimate of drug-likeness (QED) is 0.788. The Morgan fingerprint density at radius 2 is 2.25 bits per heavy atom. The van der Waals surface area contributed by atoms with Crippen LogP contribution in [0.2, 0.25) is 0 Å². The maximum absolute atomic E-state index is 13.1. The zero-order valence-electron chi connectivity index (χ0n) is 9.78. The van der Waals surface area contributed by atoms with Crippen LogP contribution in [0.15, 0.2) is 24.3 Å². The molecule has 1 aliphatic rings. The average molecular weight is 223 g/mol. The summed E-state index contributed by atoms with van der Waals surface area (Å²) in [6, 6.07) is 6.64. The molecule has 0 aliphatic carbocycles. The van der Waals surface area contributed by atoms with Crippen molar-refractivity contribution in [2.75, 3.05) is 13.6 Å². The first-order chi connectivity index (χ1) is 7.51. The fourth-order valence-corrected chi connectivity index (χ4v) is 2.37. The smallest absolute Gasteiger partial charge is 0.123 e. The highest BCUT2D eigenvalue weighted by atomic mass is 19.1.